The number of aromatic hydroxyl groups is 3. The predicted octanol–water partition coefficient (Wildman–Crippen LogP) is 8.65. The fourth-order valence-electron chi connectivity index (χ4n) is 6.74. The van der Waals surface area contributed by atoms with Gasteiger partial charge in [-0.15, -0.1) is 0 Å². The van der Waals surface area contributed by atoms with Gasteiger partial charge in [0.05, 0.1) is 18.5 Å². The fourth-order valence-corrected chi connectivity index (χ4v) is 6.74. The lowest BCUT2D eigenvalue weighted by Crippen LogP contribution is -2.76. The summed E-state index contributed by atoms with van der Waals surface area (Å²) in [7, 11) is 0. The van der Waals surface area contributed by atoms with Crippen molar-refractivity contribution in [1.29, 1.82) is 0 Å². The SMILES string of the molecule is Cc1cc(C2N3C(c4cc(C)cc(C(C)(C)C)c4O)N2C3c2cc(C)cc(C(C)(C)C)c2O)c(O)c(C(C)(C)C)c1. The molecule has 0 aromatic heterocycles. The number of phenols is 3. The lowest BCUT2D eigenvalue weighted by atomic mass is 9.77. The molecule has 0 unspecified atom stereocenters. The van der Waals surface area contributed by atoms with Crippen molar-refractivity contribution in [3.63, 3.8) is 0 Å². The van der Waals surface area contributed by atoms with Crippen molar-refractivity contribution in [2.75, 3.05) is 0 Å². The second-order valence-corrected chi connectivity index (χ2v) is 15.5. The van der Waals surface area contributed by atoms with Crippen molar-refractivity contribution in [1.82, 2.24) is 9.80 Å². The summed E-state index contributed by atoms with van der Waals surface area (Å²) in [6.07, 6.45) is -0.494. The average Bonchev–Trinajstić information content (AvgIpc) is 2.76. The molecule has 3 heterocycles. The largest absolute Gasteiger partial charge is 0.507 e. The summed E-state index contributed by atoms with van der Waals surface area (Å²) < 4.78 is 0. The zero-order chi connectivity index (χ0) is 30.6. The zero-order valence-corrected chi connectivity index (χ0v) is 26.9. The monoisotopic (exact) mass is 556 g/mol. The first-order chi connectivity index (χ1) is 18.7. The Morgan fingerprint density at radius 3 is 0.854 bits per heavy atom. The molecule has 3 aromatic carbocycles. The van der Waals surface area contributed by atoms with Gasteiger partial charge in [0.25, 0.3) is 0 Å². The molecule has 0 spiro atoms. The third-order valence-corrected chi connectivity index (χ3v) is 8.80. The maximum Gasteiger partial charge on any atom is 0.125 e. The molecular formula is C36H48N2O3. The van der Waals surface area contributed by atoms with Crippen molar-refractivity contribution in [2.24, 2.45) is 0 Å². The maximum absolute atomic E-state index is 11.6. The Kier molecular flexibility index (Phi) is 6.64. The Balaban J connectivity index is 1.68. The number of nitrogens with zero attached hydrogens (tertiary/aromatic N) is 2. The highest BCUT2D eigenvalue weighted by Crippen LogP contribution is 2.70. The Bertz CT molecular complexity index is 1340. The summed E-state index contributed by atoms with van der Waals surface area (Å²) in [6.45, 7) is 25.3. The van der Waals surface area contributed by atoms with Gasteiger partial charge in [0, 0.05) is 16.7 Å². The van der Waals surface area contributed by atoms with Crippen molar-refractivity contribution in [3.05, 3.63) is 86.5 Å². The van der Waals surface area contributed by atoms with Crippen LogP contribution in [-0.2, 0) is 16.2 Å². The molecule has 3 N–H and O–H groups in total. The van der Waals surface area contributed by atoms with Gasteiger partial charge in [0.15, 0.2) is 0 Å². The molecule has 0 radical (unpaired) electrons. The molecule has 220 valence electrons. The van der Waals surface area contributed by atoms with Gasteiger partial charge in [-0.25, -0.2) is 9.80 Å². The first-order valence-electron chi connectivity index (χ1n) is 14.8. The first-order valence-corrected chi connectivity index (χ1v) is 14.8. The molecule has 0 atom stereocenters. The topological polar surface area (TPSA) is 67.2 Å². The average molecular weight is 557 g/mol. The van der Waals surface area contributed by atoms with Crippen LogP contribution in [0.3, 0.4) is 0 Å². The minimum absolute atomic E-state index is 0.165. The minimum Gasteiger partial charge on any atom is -0.507 e. The molecule has 2 bridgehead atoms. The highest BCUT2D eigenvalue weighted by Gasteiger charge is 2.68. The summed E-state index contributed by atoms with van der Waals surface area (Å²) in [6, 6.07) is 12.5. The summed E-state index contributed by atoms with van der Waals surface area (Å²) in [5.74, 6) is 0.980. The fraction of sp³-hybridized carbons (Fsp3) is 0.500. The van der Waals surface area contributed by atoms with Crippen LogP contribution in [-0.4, -0.2) is 25.1 Å². The second-order valence-electron chi connectivity index (χ2n) is 15.5. The second kappa shape index (κ2) is 9.24. The number of phenolic OH excluding ortho intramolecular Hbond substituents is 3. The molecule has 3 aliphatic rings. The maximum atomic E-state index is 11.6. The highest BCUT2D eigenvalue weighted by atomic mass is 16.3. The Morgan fingerprint density at radius 1 is 0.439 bits per heavy atom. The molecule has 3 fully saturated rings. The van der Waals surface area contributed by atoms with E-state index in [9.17, 15) is 15.3 Å². The van der Waals surface area contributed by atoms with Crippen molar-refractivity contribution in [2.45, 2.75) is 118 Å². The van der Waals surface area contributed by atoms with Crippen molar-refractivity contribution < 1.29 is 15.3 Å². The molecule has 5 nitrogen and oxygen atoms in total. The standard InChI is InChI=1S/C36H48N2O3/c1-19-13-22(28(39)25(16-19)34(4,5)6)31-37-32(23-14-20(2)17-26(29(23)40)35(7,8)9)38(31)33(37)24-15-21(3)18-27(30(24)41)36(10,11)12/h13-18,31-33,39-41H,1-12H3. The van der Waals surface area contributed by atoms with Crippen LogP contribution < -0.4 is 0 Å². The van der Waals surface area contributed by atoms with Crippen LogP contribution in [0.2, 0.25) is 0 Å². The number of benzene rings is 3. The van der Waals surface area contributed by atoms with Gasteiger partial charge >= 0.3 is 0 Å². The van der Waals surface area contributed by atoms with E-state index in [1.165, 1.54) is 0 Å². The summed E-state index contributed by atoms with van der Waals surface area (Å²) in [5.41, 5.74) is 8.06. The summed E-state index contributed by atoms with van der Waals surface area (Å²) in [4.78, 5) is 4.67. The van der Waals surface area contributed by atoms with Crippen LogP contribution >= 0.6 is 0 Å². The van der Waals surface area contributed by atoms with E-state index in [2.05, 4.69) is 129 Å². The van der Waals surface area contributed by atoms with Crippen LogP contribution in [0.1, 0.15) is 131 Å². The lowest BCUT2D eigenvalue weighted by Gasteiger charge is -2.75. The predicted molar refractivity (Wildman–Crippen MR) is 167 cm³/mol. The molecule has 0 aliphatic carbocycles. The van der Waals surface area contributed by atoms with Gasteiger partial charge < -0.3 is 15.3 Å². The normalized spacial score (nSPS) is 24.1. The summed E-state index contributed by atoms with van der Waals surface area (Å²) >= 11 is 0. The highest BCUT2D eigenvalue weighted by molar-refractivity contribution is 5.56. The molecule has 3 aromatic rings. The van der Waals surface area contributed by atoms with Gasteiger partial charge in [-0.3, -0.25) is 0 Å². The third-order valence-electron chi connectivity index (χ3n) is 8.80. The Labute approximate surface area is 246 Å². The van der Waals surface area contributed by atoms with E-state index < -0.39 is 0 Å². The quantitative estimate of drug-likeness (QED) is 0.301. The molecule has 0 amide bonds. The number of hydrogen-bond donors (Lipinski definition) is 3. The van der Waals surface area contributed by atoms with E-state index in [4.69, 9.17) is 0 Å². The minimum atomic E-state index is -0.213. The van der Waals surface area contributed by atoms with E-state index in [1.807, 2.05) is 0 Å². The molecule has 3 aliphatic heterocycles. The van der Waals surface area contributed by atoms with Gasteiger partial charge in [0.2, 0.25) is 0 Å². The molecular weight excluding hydrogens is 508 g/mol. The van der Waals surface area contributed by atoms with Gasteiger partial charge in [0.1, 0.15) is 17.2 Å². The van der Waals surface area contributed by atoms with Crippen LogP contribution in [0.15, 0.2) is 36.4 Å². The third kappa shape index (κ3) is 4.62. The Hall–Kier alpha value is -3.02. The van der Waals surface area contributed by atoms with Gasteiger partial charge in [-0.2, -0.15) is 0 Å². The number of rotatable bonds is 3. The zero-order valence-electron chi connectivity index (χ0n) is 26.9. The smallest absolute Gasteiger partial charge is 0.125 e. The first kappa shape index (κ1) is 29.5. The van der Waals surface area contributed by atoms with Crippen LogP contribution in [0.4, 0.5) is 0 Å². The van der Waals surface area contributed by atoms with E-state index in [-0.39, 0.29) is 34.7 Å². The van der Waals surface area contributed by atoms with Crippen LogP contribution in [0.5, 0.6) is 17.2 Å². The number of hydrogen-bond acceptors (Lipinski definition) is 5. The van der Waals surface area contributed by atoms with Crippen LogP contribution in [0, 0.1) is 20.8 Å². The molecule has 0 saturated carbocycles. The van der Waals surface area contributed by atoms with Crippen molar-refractivity contribution >= 4 is 0 Å². The van der Waals surface area contributed by atoms with Gasteiger partial charge in [-0.05, 0) is 71.9 Å². The molecule has 41 heavy (non-hydrogen) atoms. The van der Waals surface area contributed by atoms with E-state index >= 15 is 0 Å². The van der Waals surface area contributed by atoms with E-state index in [0.717, 1.165) is 50.1 Å². The van der Waals surface area contributed by atoms with E-state index in [1.54, 1.807) is 0 Å². The van der Waals surface area contributed by atoms with E-state index in [0.29, 0.717) is 17.2 Å². The Morgan fingerprint density at radius 2 is 0.659 bits per heavy atom. The summed E-state index contributed by atoms with van der Waals surface area (Å²) in [5, 5.41) is 34.7. The molecule has 6 rings (SSSR count). The molecule has 5 heteroatoms. The van der Waals surface area contributed by atoms with Gasteiger partial charge in [-0.1, -0.05) is 97.2 Å². The van der Waals surface area contributed by atoms with Crippen LogP contribution in [0.25, 0.3) is 0 Å². The van der Waals surface area contributed by atoms with Crippen molar-refractivity contribution in [3.8, 4) is 17.2 Å². The number of aryl methyl sites for hydroxylation is 3. The lowest BCUT2D eigenvalue weighted by molar-refractivity contribution is -0.391. The molecule has 3 saturated heterocycles.